The molecule has 0 amide bonds. The first-order chi connectivity index (χ1) is 18.8. The Balaban J connectivity index is 1.58. The Kier molecular flexibility index (Phi) is 7.40. The van der Waals surface area contributed by atoms with Gasteiger partial charge >= 0.3 is 5.97 Å². The van der Waals surface area contributed by atoms with Crippen LogP contribution in [0, 0.1) is 6.92 Å². The molecule has 0 saturated heterocycles. The average Bonchev–Trinajstić information content (AvgIpc) is 3.46. The van der Waals surface area contributed by atoms with Gasteiger partial charge < -0.3 is 18.9 Å². The maximum atomic E-state index is 13.7. The van der Waals surface area contributed by atoms with Crippen molar-refractivity contribution < 1.29 is 18.7 Å². The molecule has 4 aromatic rings. The van der Waals surface area contributed by atoms with Crippen LogP contribution in [-0.4, -0.2) is 34.2 Å². The predicted octanol–water partition coefficient (Wildman–Crippen LogP) is 2.94. The number of methoxy groups -OCH3 is 1. The second kappa shape index (κ2) is 10.9. The quantitative estimate of drug-likeness (QED) is 0.268. The minimum Gasteiger partial charge on any atom is -0.497 e. The number of carbonyl (C=O) groups is 1. The first-order valence-electron chi connectivity index (χ1n) is 12.0. The van der Waals surface area contributed by atoms with Gasteiger partial charge in [-0.05, 0) is 62.4 Å². The van der Waals surface area contributed by atoms with E-state index in [-0.39, 0.29) is 17.7 Å². The highest BCUT2D eigenvalue weighted by atomic mass is 32.2. The monoisotopic (exact) mass is 564 g/mol. The molecule has 1 N–H and O–H groups in total. The van der Waals surface area contributed by atoms with Gasteiger partial charge in [-0.2, -0.15) is 0 Å². The van der Waals surface area contributed by atoms with Crippen molar-refractivity contribution in [2.24, 2.45) is 4.99 Å². The number of furan rings is 1. The second-order valence-electron chi connectivity index (χ2n) is 8.53. The van der Waals surface area contributed by atoms with Crippen LogP contribution >= 0.6 is 23.1 Å². The molecule has 1 aliphatic rings. The van der Waals surface area contributed by atoms with E-state index in [4.69, 9.17) is 13.9 Å². The molecule has 1 atom stereocenters. The van der Waals surface area contributed by atoms with Crippen molar-refractivity contribution in [2.45, 2.75) is 37.1 Å². The van der Waals surface area contributed by atoms with Gasteiger partial charge in [0.2, 0.25) is 0 Å². The number of carbonyl (C=O) groups excluding carboxylic acids is 1. The number of ether oxygens (including phenoxy) is 2. The predicted molar refractivity (Wildman–Crippen MR) is 146 cm³/mol. The molecule has 0 aliphatic carbocycles. The molecule has 5 rings (SSSR count). The number of aromatic amines is 1. The number of hydrogen-bond donors (Lipinski definition) is 1. The lowest BCUT2D eigenvalue weighted by atomic mass is 9.95. The largest absolute Gasteiger partial charge is 0.497 e. The molecule has 0 spiro atoms. The number of thiazole rings is 1. The summed E-state index contributed by atoms with van der Waals surface area (Å²) in [7, 11) is 1.56. The first kappa shape index (κ1) is 26.4. The zero-order valence-corrected chi connectivity index (χ0v) is 23.1. The fourth-order valence-electron chi connectivity index (χ4n) is 4.21. The zero-order chi connectivity index (χ0) is 27.7. The van der Waals surface area contributed by atoms with Crippen molar-refractivity contribution >= 4 is 35.1 Å². The smallest absolute Gasteiger partial charge is 0.338 e. The number of nitrogens with one attached hydrogen (secondary N) is 1. The van der Waals surface area contributed by atoms with Crippen molar-refractivity contribution in [1.29, 1.82) is 0 Å². The molecule has 1 aromatic carbocycles. The highest BCUT2D eigenvalue weighted by Gasteiger charge is 2.33. The van der Waals surface area contributed by atoms with Gasteiger partial charge in [0.15, 0.2) is 15.1 Å². The Hall–Kier alpha value is -4.16. The number of aromatic nitrogens is 3. The summed E-state index contributed by atoms with van der Waals surface area (Å²) in [5.74, 6) is 0.505. The Labute approximate surface area is 230 Å². The molecule has 0 radical (unpaired) electrons. The van der Waals surface area contributed by atoms with Gasteiger partial charge in [-0.15, -0.1) is 0 Å². The van der Waals surface area contributed by atoms with E-state index in [1.165, 1.54) is 33.7 Å². The van der Waals surface area contributed by atoms with Crippen LogP contribution in [-0.2, 0) is 9.53 Å². The number of fused-ring (bicyclic) bond motifs is 1. The summed E-state index contributed by atoms with van der Waals surface area (Å²) < 4.78 is 18.5. The molecule has 12 heteroatoms. The second-order valence-corrected chi connectivity index (χ2v) is 10.5. The van der Waals surface area contributed by atoms with Gasteiger partial charge in [-0.3, -0.25) is 14.2 Å². The Bertz CT molecular complexity index is 1850. The van der Waals surface area contributed by atoms with Crippen molar-refractivity contribution in [3.8, 4) is 5.75 Å². The number of hydrogen-bond acceptors (Lipinski definition) is 10. The van der Waals surface area contributed by atoms with Crippen LogP contribution in [0.15, 0.2) is 83.0 Å². The maximum absolute atomic E-state index is 13.7. The molecule has 0 fully saturated rings. The summed E-state index contributed by atoms with van der Waals surface area (Å²) in [4.78, 5) is 50.5. The highest BCUT2D eigenvalue weighted by Crippen LogP contribution is 2.32. The lowest BCUT2D eigenvalue weighted by Gasteiger charge is -2.24. The summed E-state index contributed by atoms with van der Waals surface area (Å²) in [5, 5.41) is 0.901. The van der Waals surface area contributed by atoms with Crippen LogP contribution in [0.2, 0.25) is 0 Å². The van der Waals surface area contributed by atoms with Crippen LogP contribution in [0.1, 0.15) is 36.9 Å². The molecule has 39 heavy (non-hydrogen) atoms. The van der Waals surface area contributed by atoms with E-state index in [0.29, 0.717) is 53.6 Å². The van der Waals surface area contributed by atoms with Crippen molar-refractivity contribution in [2.75, 3.05) is 13.7 Å². The van der Waals surface area contributed by atoms with Gasteiger partial charge in [0.25, 0.3) is 11.1 Å². The third-order valence-corrected chi connectivity index (χ3v) is 7.64. The number of H-pyrrole nitrogens is 1. The molecule has 0 unspecified atom stereocenters. The fraction of sp³-hybridized carbons (Fsp3) is 0.222. The minimum atomic E-state index is -0.746. The van der Waals surface area contributed by atoms with Crippen LogP contribution in [0.5, 0.6) is 5.75 Å². The van der Waals surface area contributed by atoms with Crippen LogP contribution in [0.4, 0.5) is 0 Å². The van der Waals surface area contributed by atoms with E-state index in [9.17, 15) is 14.4 Å². The van der Waals surface area contributed by atoms with Crippen molar-refractivity contribution in [3.63, 3.8) is 0 Å². The SMILES string of the molecule is CCOC(=O)C1=C(C)N=c2s/c(=C/c3ccc(Sc4nc(C)cc(=O)[nH]4)o3)c(=O)n2[C@H]1c1cccc(OC)c1. The van der Waals surface area contributed by atoms with Gasteiger partial charge in [0, 0.05) is 17.8 Å². The molecule has 4 heterocycles. The lowest BCUT2D eigenvalue weighted by molar-refractivity contribution is -0.139. The summed E-state index contributed by atoms with van der Waals surface area (Å²) in [6.07, 6.45) is 1.63. The average molecular weight is 565 g/mol. The first-order valence-corrected chi connectivity index (χ1v) is 13.6. The number of rotatable bonds is 7. The summed E-state index contributed by atoms with van der Waals surface area (Å²) in [5.41, 5.74) is 1.48. The standard InChI is InChI=1S/C27H24N4O6S2/c1-5-36-25(34)22-15(3)29-27-31(23(22)16-7-6-8-17(12-16)35-4)24(33)19(38-27)13-18-9-10-21(37-18)39-26-28-14(2)11-20(32)30-26/h6-13,23H,5H2,1-4H3,(H,28,30,32)/b19-13+/t23-/m0/s1. The lowest BCUT2D eigenvalue weighted by Crippen LogP contribution is -2.39. The van der Waals surface area contributed by atoms with E-state index in [1.807, 2.05) is 6.07 Å². The highest BCUT2D eigenvalue weighted by molar-refractivity contribution is 7.99. The molecule has 1 aliphatic heterocycles. The summed E-state index contributed by atoms with van der Waals surface area (Å²) in [6, 6.07) is 11.3. The molecule has 0 saturated carbocycles. The van der Waals surface area contributed by atoms with Gasteiger partial charge in [0.1, 0.15) is 11.5 Å². The number of allylic oxidation sites excluding steroid dienone is 1. The van der Waals surface area contributed by atoms with Crippen molar-refractivity contribution in [3.05, 3.63) is 101 Å². The zero-order valence-electron chi connectivity index (χ0n) is 21.5. The third kappa shape index (κ3) is 5.38. The van der Waals surface area contributed by atoms with E-state index < -0.39 is 12.0 Å². The Morgan fingerprint density at radius 3 is 2.79 bits per heavy atom. The molecular formula is C27H24N4O6S2. The van der Waals surface area contributed by atoms with Gasteiger partial charge in [0.05, 0.1) is 35.6 Å². The number of aryl methyl sites for hydroxylation is 1. The van der Waals surface area contributed by atoms with Gasteiger partial charge in [-0.1, -0.05) is 23.5 Å². The van der Waals surface area contributed by atoms with E-state index in [2.05, 4.69) is 15.0 Å². The Morgan fingerprint density at radius 1 is 1.23 bits per heavy atom. The number of benzene rings is 1. The summed E-state index contributed by atoms with van der Waals surface area (Å²) >= 11 is 2.36. The minimum absolute atomic E-state index is 0.190. The molecular weight excluding hydrogens is 540 g/mol. The molecule has 0 bridgehead atoms. The maximum Gasteiger partial charge on any atom is 0.338 e. The number of nitrogens with zero attached hydrogens (tertiary/aromatic N) is 3. The van der Waals surface area contributed by atoms with Crippen LogP contribution in [0.3, 0.4) is 0 Å². The molecule has 3 aromatic heterocycles. The molecule has 10 nitrogen and oxygen atoms in total. The molecule has 200 valence electrons. The topological polar surface area (TPSA) is 129 Å². The Morgan fingerprint density at radius 2 is 2.05 bits per heavy atom. The van der Waals surface area contributed by atoms with E-state index >= 15 is 0 Å². The van der Waals surface area contributed by atoms with Gasteiger partial charge in [-0.25, -0.2) is 14.8 Å². The normalized spacial score (nSPS) is 15.2. The van der Waals surface area contributed by atoms with Crippen LogP contribution < -0.4 is 25.2 Å². The number of esters is 1. The van der Waals surface area contributed by atoms with Crippen molar-refractivity contribution in [1.82, 2.24) is 14.5 Å². The van der Waals surface area contributed by atoms with Crippen LogP contribution in [0.25, 0.3) is 6.08 Å². The van der Waals surface area contributed by atoms with E-state index in [0.717, 1.165) is 0 Å². The summed E-state index contributed by atoms with van der Waals surface area (Å²) in [6.45, 7) is 5.39. The fourth-order valence-corrected chi connectivity index (χ4v) is 6.04. The third-order valence-electron chi connectivity index (χ3n) is 5.85. The van der Waals surface area contributed by atoms with E-state index in [1.54, 1.807) is 64.3 Å².